The molecule has 4 aromatic heterocycles. The van der Waals surface area contributed by atoms with Crippen molar-refractivity contribution in [2.45, 2.75) is 11.2 Å². The number of aromatic nitrogens is 5. The van der Waals surface area contributed by atoms with Crippen molar-refractivity contribution in [3.63, 3.8) is 0 Å². The average Bonchev–Trinajstić information content (AvgIpc) is 2.94. The number of ether oxygens (including phenoxy) is 3. The Hall–Kier alpha value is -4.22. The third-order valence-corrected chi connectivity index (χ3v) is 6.72. The number of methoxy groups -OCH3 is 2. The number of nitrogen functional groups attached to an aromatic ring is 1. The van der Waals surface area contributed by atoms with Crippen LogP contribution >= 0.6 is 11.8 Å². The van der Waals surface area contributed by atoms with Gasteiger partial charge >= 0.3 is 0 Å². The molecule has 0 saturated heterocycles. The molecule has 4 N–H and O–H groups in total. The molecule has 1 aromatic carbocycles. The molecule has 1 atom stereocenters. The quantitative estimate of drug-likeness (QED) is 0.168. The zero-order valence-corrected chi connectivity index (χ0v) is 21.1. The van der Waals surface area contributed by atoms with Crippen molar-refractivity contribution in [2.24, 2.45) is 5.73 Å². The average molecular weight is 516 g/mol. The van der Waals surface area contributed by atoms with Crippen LogP contribution in [0.2, 0.25) is 0 Å². The number of nitrogens with two attached hydrogens (primary N) is 2. The third-order valence-electron chi connectivity index (χ3n) is 5.65. The number of rotatable bonds is 9. The maximum atomic E-state index is 6.34. The summed E-state index contributed by atoms with van der Waals surface area (Å²) >= 11 is 1.48. The molecule has 0 fully saturated rings. The van der Waals surface area contributed by atoms with Gasteiger partial charge in [0, 0.05) is 59.0 Å². The molecule has 4 heterocycles. The van der Waals surface area contributed by atoms with Gasteiger partial charge in [-0.1, -0.05) is 11.8 Å². The smallest absolute Gasteiger partial charge is 0.187 e. The summed E-state index contributed by atoms with van der Waals surface area (Å²) in [4.78, 5) is 21.9. The fourth-order valence-electron chi connectivity index (χ4n) is 3.84. The Bertz CT molecular complexity index is 1550. The number of hydrogen-bond acceptors (Lipinski definition) is 11. The van der Waals surface area contributed by atoms with Crippen molar-refractivity contribution >= 4 is 39.3 Å². The van der Waals surface area contributed by atoms with Crippen LogP contribution in [0.3, 0.4) is 0 Å². The monoisotopic (exact) mass is 515 g/mol. The van der Waals surface area contributed by atoms with Gasteiger partial charge in [0.15, 0.2) is 16.7 Å². The lowest BCUT2D eigenvalue weighted by molar-refractivity contribution is 0.297. The first kappa shape index (κ1) is 24.5. The molecular formula is C26H25N7O3S. The Morgan fingerprint density at radius 2 is 1.68 bits per heavy atom. The summed E-state index contributed by atoms with van der Waals surface area (Å²) in [5.41, 5.74) is 14.7. The molecule has 0 saturated carbocycles. The molecule has 5 aromatic rings. The van der Waals surface area contributed by atoms with E-state index in [1.54, 1.807) is 51.3 Å². The number of hydrogen-bond donors (Lipinski definition) is 2. The summed E-state index contributed by atoms with van der Waals surface area (Å²) in [6.07, 6.45) is 8.48. The Morgan fingerprint density at radius 3 is 2.46 bits per heavy atom. The Balaban J connectivity index is 1.40. The van der Waals surface area contributed by atoms with Gasteiger partial charge in [-0.15, -0.1) is 0 Å². The van der Waals surface area contributed by atoms with E-state index < -0.39 is 0 Å². The standard InChI is InChI=1S/C26H25N7O3S/c1-34-23-8-19-18-7-21(33-25(28)20(18)12-32-22(19)9-24(23)35-2)15-6-17(11-29-10-15)36-13-16(27)14-37-26-30-4-3-5-31-26/h3-12,16H,13-14,27H2,1-2H3,(H2,28,33)/t16-/m1/s1. The molecule has 0 bridgehead atoms. The molecule has 0 aliphatic carbocycles. The van der Waals surface area contributed by atoms with Crippen LogP contribution in [0.25, 0.3) is 32.9 Å². The molecule has 10 nitrogen and oxygen atoms in total. The van der Waals surface area contributed by atoms with Gasteiger partial charge in [-0.3, -0.25) is 9.97 Å². The summed E-state index contributed by atoms with van der Waals surface area (Å²) in [6, 6.07) is 9.13. The van der Waals surface area contributed by atoms with E-state index in [2.05, 4.69) is 24.9 Å². The van der Waals surface area contributed by atoms with Crippen LogP contribution in [-0.4, -0.2) is 57.5 Å². The number of fused-ring (bicyclic) bond motifs is 3. The fourth-order valence-corrected chi connectivity index (χ4v) is 4.57. The molecule has 0 amide bonds. The van der Waals surface area contributed by atoms with E-state index in [1.807, 2.05) is 24.3 Å². The normalized spacial score (nSPS) is 12.0. The Labute approximate surface area is 217 Å². The number of nitrogens with zero attached hydrogens (tertiary/aromatic N) is 5. The van der Waals surface area contributed by atoms with E-state index in [0.717, 1.165) is 27.2 Å². The van der Waals surface area contributed by atoms with Crippen LogP contribution < -0.4 is 25.7 Å². The van der Waals surface area contributed by atoms with Crippen molar-refractivity contribution in [3.05, 3.63) is 61.3 Å². The molecule has 0 spiro atoms. The second-order valence-electron chi connectivity index (χ2n) is 8.16. The van der Waals surface area contributed by atoms with Crippen molar-refractivity contribution in [1.82, 2.24) is 24.9 Å². The van der Waals surface area contributed by atoms with Crippen LogP contribution in [0.1, 0.15) is 0 Å². The first-order valence-electron chi connectivity index (χ1n) is 11.4. The van der Waals surface area contributed by atoms with E-state index in [0.29, 0.717) is 46.3 Å². The zero-order valence-electron chi connectivity index (χ0n) is 20.3. The van der Waals surface area contributed by atoms with Gasteiger partial charge in [0.1, 0.15) is 18.2 Å². The highest BCUT2D eigenvalue weighted by Crippen LogP contribution is 2.37. The number of benzene rings is 1. The van der Waals surface area contributed by atoms with Crippen molar-refractivity contribution in [1.29, 1.82) is 0 Å². The lowest BCUT2D eigenvalue weighted by Gasteiger charge is -2.14. The molecule has 188 valence electrons. The molecule has 0 aliphatic rings. The van der Waals surface area contributed by atoms with Crippen LogP contribution in [0, 0.1) is 0 Å². The van der Waals surface area contributed by atoms with Crippen molar-refractivity contribution < 1.29 is 14.2 Å². The summed E-state index contributed by atoms with van der Waals surface area (Å²) in [6.45, 7) is 0.316. The minimum absolute atomic E-state index is 0.210. The maximum absolute atomic E-state index is 6.34. The number of pyridine rings is 3. The highest BCUT2D eigenvalue weighted by Gasteiger charge is 2.14. The summed E-state index contributed by atoms with van der Waals surface area (Å²) in [7, 11) is 3.19. The van der Waals surface area contributed by atoms with Crippen LogP contribution in [0.5, 0.6) is 17.2 Å². The van der Waals surface area contributed by atoms with Crippen LogP contribution in [-0.2, 0) is 0 Å². The number of thioether (sulfide) groups is 1. The molecule has 0 aliphatic heterocycles. The van der Waals surface area contributed by atoms with Gasteiger partial charge in [0.05, 0.1) is 31.6 Å². The minimum atomic E-state index is -0.210. The zero-order chi connectivity index (χ0) is 25.8. The van der Waals surface area contributed by atoms with E-state index in [9.17, 15) is 0 Å². The molecule has 0 radical (unpaired) electrons. The highest BCUT2D eigenvalue weighted by molar-refractivity contribution is 7.99. The topological polar surface area (TPSA) is 144 Å². The van der Waals surface area contributed by atoms with E-state index in [-0.39, 0.29) is 6.04 Å². The first-order chi connectivity index (χ1) is 18.1. The third kappa shape index (κ3) is 5.32. The van der Waals surface area contributed by atoms with Gasteiger partial charge in [0.2, 0.25) is 0 Å². The van der Waals surface area contributed by atoms with Gasteiger partial charge in [0.25, 0.3) is 0 Å². The summed E-state index contributed by atoms with van der Waals surface area (Å²) in [5.74, 6) is 2.78. The first-order valence-corrected chi connectivity index (χ1v) is 12.4. The minimum Gasteiger partial charge on any atom is -0.493 e. The van der Waals surface area contributed by atoms with Crippen molar-refractivity contribution in [3.8, 4) is 28.5 Å². The molecule has 5 rings (SSSR count). The van der Waals surface area contributed by atoms with Gasteiger partial charge in [-0.05, 0) is 29.7 Å². The largest absolute Gasteiger partial charge is 0.493 e. The highest BCUT2D eigenvalue weighted by atomic mass is 32.2. The van der Waals surface area contributed by atoms with Gasteiger partial charge in [-0.2, -0.15) is 0 Å². The van der Waals surface area contributed by atoms with Gasteiger partial charge in [-0.25, -0.2) is 15.0 Å². The molecule has 11 heteroatoms. The fraction of sp³-hybridized carbons (Fsp3) is 0.192. The number of anilines is 1. The lowest BCUT2D eigenvalue weighted by atomic mass is 10.0. The molecular weight excluding hydrogens is 490 g/mol. The van der Waals surface area contributed by atoms with Crippen LogP contribution in [0.15, 0.2) is 66.5 Å². The van der Waals surface area contributed by atoms with E-state index >= 15 is 0 Å². The SMILES string of the molecule is COc1cc2ncc3c(N)nc(-c4cncc(OC[C@@H](N)CSc5ncccn5)c4)cc3c2cc1OC. The van der Waals surface area contributed by atoms with E-state index in [4.69, 9.17) is 25.7 Å². The lowest BCUT2D eigenvalue weighted by Crippen LogP contribution is -2.30. The Morgan fingerprint density at radius 1 is 0.892 bits per heavy atom. The second-order valence-corrected chi connectivity index (χ2v) is 9.15. The summed E-state index contributed by atoms with van der Waals surface area (Å²) < 4.78 is 16.8. The van der Waals surface area contributed by atoms with Crippen LogP contribution in [0.4, 0.5) is 5.82 Å². The van der Waals surface area contributed by atoms with Crippen molar-refractivity contribution in [2.75, 3.05) is 32.3 Å². The second kappa shape index (κ2) is 10.8. The molecule has 0 unspecified atom stereocenters. The maximum Gasteiger partial charge on any atom is 0.187 e. The predicted molar refractivity (Wildman–Crippen MR) is 144 cm³/mol. The summed E-state index contributed by atoms with van der Waals surface area (Å²) in [5, 5.41) is 3.19. The van der Waals surface area contributed by atoms with E-state index in [1.165, 1.54) is 11.8 Å². The Kier molecular flexibility index (Phi) is 7.15. The molecule has 37 heavy (non-hydrogen) atoms. The van der Waals surface area contributed by atoms with Gasteiger partial charge < -0.3 is 25.7 Å². The predicted octanol–water partition coefficient (Wildman–Crippen LogP) is 3.73.